The second-order valence-corrected chi connectivity index (χ2v) is 6.21. The molecule has 0 spiro atoms. The van der Waals surface area contributed by atoms with Crippen LogP contribution < -0.4 is 10.2 Å². The van der Waals surface area contributed by atoms with Crippen LogP contribution in [0.15, 0.2) is 42.5 Å². The van der Waals surface area contributed by atoms with Gasteiger partial charge < -0.3 is 5.32 Å². The molecule has 2 amide bonds. The molecule has 0 aliphatic carbocycles. The van der Waals surface area contributed by atoms with Gasteiger partial charge in [0.2, 0.25) is 5.91 Å². The van der Waals surface area contributed by atoms with Gasteiger partial charge in [-0.15, -0.1) is 0 Å². The fraction of sp³-hybridized carbons (Fsp3) is 0.125. The summed E-state index contributed by atoms with van der Waals surface area (Å²) < 4.78 is 0. The zero-order valence-corrected chi connectivity index (χ0v) is 14.0. The summed E-state index contributed by atoms with van der Waals surface area (Å²) in [6.07, 6.45) is 0.0207. The van der Waals surface area contributed by atoms with Crippen molar-refractivity contribution in [3.8, 4) is 0 Å². The van der Waals surface area contributed by atoms with Crippen molar-refractivity contribution in [3.05, 3.63) is 57.5 Å². The number of rotatable bonds is 3. The van der Waals surface area contributed by atoms with Gasteiger partial charge in [0, 0.05) is 0 Å². The molecule has 2 aromatic carbocycles. The first-order chi connectivity index (χ1) is 11.0. The Kier molecular flexibility index (Phi) is 4.48. The highest BCUT2D eigenvalue weighted by molar-refractivity contribution is 6.43. The van der Waals surface area contributed by atoms with Gasteiger partial charge in [0.25, 0.3) is 5.91 Å². The zero-order valence-electron chi connectivity index (χ0n) is 11.7. The van der Waals surface area contributed by atoms with Crippen molar-refractivity contribution in [2.24, 2.45) is 0 Å². The molecule has 0 saturated carbocycles. The molecule has 23 heavy (non-hydrogen) atoms. The summed E-state index contributed by atoms with van der Waals surface area (Å²) >= 11 is 18.2. The Morgan fingerprint density at radius 2 is 1.65 bits per heavy atom. The number of carbonyl (C=O) groups excluding carboxylic acids is 2. The Morgan fingerprint density at radius 3 is 2.39 bits per heavy atom. The first-order valence-electron chi connectivity index (χ1n) is 6.81. The third kappa shape index (κ3) is 3.02. The predicted molar refractivity (Wildman–Crippen MR) is 92.4 cm³/mol. The number of nitrogens with zero attached hydrogens (tertiary/aromatic N) is 1. The normalized spacial score (nSPS) is 17.7. The maximum Gasteiger partial charge on any atom is 0.256 e. The molecule has 1 N–H and O–H groups in total. The molecule has 0 radical (unpaired) electrons. The van der Waals surface area contributed by atoms with Gasteiger partial charge in [-0.05, 0) is 24.3 Å². The van der Waals surface area contributed by atoms with Gasteiger partial charge >= 0.3 is 0 Å². The number of hydrogen-bond donors (Lipinski definition) is 1. The van der Waals surface area contributed by atoms with Crippen LogP contribution in [-0.4, -0.2) is 17.9 Å². The summed E-state index contributed by atoms with van der Waals surface area (Å²) in [6.45, 7) is 0. The van der Waals surface area contributed by atoms with Gasteiger partial charge in [0.1, 0.15) is 6.04 Å². The van der Waals surface area contributed by atoms with E-state index in [1.807, 2.05) is 0 Å². The molecule has 3 rings (SSSR count). The van der Waals surface area contributed by atoms with E-state index in [4.69, 9.17) is 34.8 Å². The Balaban J connectivity index is 1.87. The van der Waals surface area contributed by atoms with Gasteiger partial charge in [-0.1, -0.05) is 53.0 Å². The van der Waals surface area contributed by atoms with Crippen LogP contribution in [0.1, 0.15) is 6.42 Å². The summed E-state index contributed by atoms with van der Waals surface area (Å²) in [7, 11) is 0. The number of para-hydroxylation sites is 1. The minimum atomic E-state index is -0.713. The fourth-order valence-corrected chi connectivity index (χ4v) is 3.01. The number of hydrogen-bond acceptors (Lipinski definition) is 3. The number of amides is 2. The van der Waals surface area contributed by atoms with E-state index in [1.54, 1.807) is 42.5 Å². The molecule has 1 heterocycles. The number of benzene rings is 2. The Bertz CT molecular complexity index is 795. The standard InChI is InChI=1S/C16H11Cl3N2O2/c17-9-4-1-2-7-13(9)21-14(22)8-12(16(21)23)20-11-6-3-5-10(18)15(11)19/h1-7,12,20H,8H2/t12-/m1/s1. The van der Waals surface area contributed by atoms with Crippen LogP contribution in [0.25, 0.3) is 0 Å². The molecule has 0 unspecified atom stereocenters. The molecule has 0 bridgehead atoms. The van der Waals surface area contributed by atoms with Crippen LogP contribution in [0.5, 0.6) is 0 Å². The lowest BCUT2D eigenvalue weighted by Gasteiger charge is -2.17. The van der Waals surface area contributed by atoms with E-state index in [0.717, 1.165) is 4.90 Å². The van der Waals surface area contributed by atoms with E-state index in [9.17, 15) is 9.59 Å². The smallest absolute Gasteiger partial charge is 0.256 e. The number of carbonyl (C=O) groups is 2. The van der Waals surface area contributed by atoms with Crippen LogP contribution in [-0.2, 0) is 9.59 Å². The van der Waals surface area contributed by atoms with Crippen LogP contribution >= 0.6 is 34.8 Å². The number of halogens is 3. The summed E-state index contributed by atoms with van der Waals surface area (Å²) in [5, 5.41) is 4.00. The van der Waals surface area contributed by atoms with Crippen LogP contribution in [0.2, 0.25) is 15.1 Å². The van der Waals surface area contributed by atoms with Gasteiger partial charge in [0.05, 0.1) is 32.9 Å². The highest BCUT2D eigenvalue weighted by Gasteiger charge is 2.40. The minimum absolute atomic E-state index is 0.0207. The third-order valence-corrected chi connectivity index (χ3v) is 4.66. The molecular weight excluding hydrogens is 359 g/mol. The second-order valence-electron chi connectivity index (χ2n) is 5.02. The van der Waals surface area contributed by atoms with Gasteiger partial charge in [-0.3, -0.25) is 9.59 Å². The fourth-order valence-electron chi connectivity index (χ4n) is 2.43. The Morgan fingerprint density at radius 1 is 0.957 bits per heavy atom. The predicted octanol–water partition coefficient (Wildman–Crippen LogP) is 4.39. The lowest BCUT2D eigenvalue weighted by atomic mass is 10.2. The van der Waals surface area contributed by atoms with Gasteiger partial charge in [-0.2, -0.15) is 0 Å². The maximum atomic E-state index is 12.6. The molecule has 4 nitrogen and oxygen atoms in total. The monoisotopic (exact) mass is 368 g/mol. The van der Waals surface area contributed by atoms with Crippen LogP contribution in [0.4, 0.5) is 11.4 Å². The molecular formula is C16H11Cl3N2O2. The number of imide groups is 1. The third-order valence-electron chi connectivity index (χ3n) is 3.52. The first-order valence-corrected chi connectivity index (χ1v) is 7.94. The summed E-state index contributed by atoms with van der Waals surface area (Å²) in [6, 6.07) is 11.1. The van der Waals surface area contributed by atoms with E-state index in [1.165, 1.54) is 0 Å². The highest BCUT2D eigenvalue weighted by atomic mass is 35.5. The molecule has 1 atom stereocenters. The van der Waals surface area contributed by atoms with Gasteiger partial charge in [0.15, 0.2) is 0 Å². The topological polar surface area (TPSA) is 49.4 Å². The maximum absolute atomic E-state index is 12.6. The largest absolute Gasteiger partial charge is 0.372 e. The molecule has 1 saturated heterocycles. The van der Waals surface area contributed by atoms with Crippen molar-refractivity contribution in [2.75, 3.05) is 10.2 Å². The van der Waals surface area contributed by atoms with Crippen molar-refractivity contribution in [2.45, 2.75) is 12.5 Å². The van der Waals surface area contributed by atoms with E-state index < -0.39 is 6.04 Å². The van der Waals surface area contributed by atoms with Crippen molar-refractivity contribution >= 4 is 58.0 Å². The van der Waals surface area contributed by atoms with Crippen LogP contribution in [0.3, 0.4) is 0 Å². The van der Waals surface area contributed by atoms with E-state index in [-0.39, 0.29) is 18.2 Å². The average Bonchev–Trinajstić information content (AvgIpc) is 2.79. The molecule has 0 aromatic heterocycles. The number of anilines is 2. The van der Waals surface area contributed by atoms with Crippen LogP contribution in [0, 0.1) is 0 Å². The SMILES string of the molecule is O=C1C[C@@H](Nc2cccc(Cl)c2Cl)C(=O)N1c1ccccc1Cl. The number of nitrogens with one attached hydrogen (secondary N) is 1. The Hall–Kier alpha value is -1.75. The second kappa shape index (κ2) is 6.40. The summed E-state index contributed by atoms with van der Waals surface area (Å²) in [4.78, 5) is 25.9. The molecule has 118 valence electrons. The van der Waals surface area contributed by atoms with E-state index >= 15 is 0 Å². The molecule has 7 heteroatoms. The molecule has 1 aliphatic rings. The van der Waals surface area contributed by atoms with Gasteiger partial charge in [-0.25, -0.2) is 4.90 Å². The van der Waals surface area contributed by atoms with Crippen molar-refractivity contribution in [3.63, 3.8) is 0 Å². The minimum Gasteiger partial charge on any atom is -0.372 e. The lowest BCUT2D eigenvalue weighted by molar-refractivity contribution is -0.121. The summed E-state index contributed by atoms with van der Waals surface area (Å²) in [5.41, 5.74) is 0.886. The molecule has 1 aliphatic heterocycles. The zero-order chi connectivity index (χ0) is 16.6. The summed E-state index contributed by atoms with van der Waals surface area (Å²) in [5.74, 6) is -0.696. The van der Waals surface area contributed by atoms with Crippen molar-refractivity contribution < 1.29 is 9.59 Å². The quantitative estimate of drug-likeness (QED) is 0.816. The first kappa shape index (κ1) is 16.1. The van der Waals surface area contributed by atoms with E-state index in [0.29, 0.717) is 26.4 Å². The molecule has 1 fully saturated rings. The Labute approximate surface area is 147 Å². The average molecular weight is 370 g/mol. The van der Waals surface area contributed by atoms with E-state index in [2.05, 4.69) is 5.32 Å². The molecule has 2 aromatic rings. The van der Waals surface area contributed by atoms with Crippen molar-refractivity contribution in [1.29, 1.82) is 0 Å². The highest BCUT2D eigenvalue weighted by Crippen LogP contribution is 2.33. The lowest BCUT2D eigenvalue weighted by Crippen LogP contribution is -2.35. The van der Waals surface area contributed by atoms with Crippen molar-refractivity contribution in [1.82, 2.24) is 0 Å².